The third-order valence-corrected chi connectivity index (χ3v) is 2.94. The van der Waals surface area contributed by atoms with Crippen LogP contribution in [0.4, 0.5) is 0 Å². The Bertz CT molecular complexity index is 406. The van der Waals surface area contributed by atoms with Crippen LogP contribution in [0, 0.1) is 14.9 Å². The largest absolute Gasteiger partial charge is 0.323 e. The molecule has 0 unspecified atom stereocenters. The van der Waals surface area contributed by atoms with Crippen molar-refractivity contribution < 1.29 is 4.79 Å². The lowest BCUT2D eigenvalue weighted by molar-refractivity contribution is 0.0731. The fourth-order valence-electron chi connectivity index (χ4n) is 1.32. The lowest BCUT2D eigenvalue weighted by atomic mass is 10.2. The van der Waals surface area contributed by atoms with Crippen molar-refractivity contribution in [2.45, 2.75) is 19.9 Å². The first kappa shape index (κ1) is 13.0. The number of nitriles is 1. The molecule has 1 aromatic rings. The quantitative estimate of drug-likeness (QED) is 0.632. The number of rotatable bonds is 3. The highest BCUT2D eigenvalue weighted by Gasteiger charge is 2.17. The van der Waals surface area contributed by atoms with Gasteiger partial charge in [-0.25, -0.2) is 0 Å². The second-order valence-corrected chi connectivity index (χ2v) is 4.94. The van der Waals surface area contributed by atoms with Crippen LogP contribution in [0.25, 0.3) is 0 Å². The predicted molar refractivity (Wildman–Crippen MR) is 70.9 cm³/mol. The standard InChI is InChI=1S/C12H13IN2O/c1-9(2)15(8-7-14)12(16)10-3-5-11(13)6-4-10/h3-6,9H,8H2,1-2H3. The Balaban J connectivity index is 2.91. The summed E-state index contributed by atoms with van der Waals surface area (Å²) >= 11 is 2.19. The van der Waals surface area contributed by atoms with Gasteiger partial charge in [0.2, 0.25) is 0 Å². The van der Waals surface area contributed by atoms with Gasteiger partial charge >= 0.3 is 0 Å². The van der Waals surface area contributed by atoms with E-state index in [1.165, 1.54) is 0 Å². The van der Waals surface area contributed by atoms with E-state index in [-0.39, 0.29) is 18.5 Å². The Morgan fingerprint density at radius 2 is 2.00 bits per heavy atom. The topological polar surface area (TPSA) is 44.1 Å². The van der Waals surface area contributed by atoms with Gasteiger partial charge in [-0.3, -0.25) is 4.79 Å². The summed E-state index contributed by atoms with van der Waals surface area (Å²) in [7, 11) is 0. The number of halogens is 1. The number of amides is 1. The van der Waals surface area contributed by atoms with Crippen LogP contribution >= 0.6 is 22.6 Å². The molecule has 0 fully saturated rings. The average molecular weight is 328 g/mol. The minimum Gasteiger partial charge on any atom is -0.323 e. The summed E-state index contributed by atoms with van der Waals surface area (Å²) in [5.74, 6) is -0.0899. The maximum absolute atomic E-state index is 12.1. The van der Waals surface area contributed by atoms with E-state index in [1.54, 1.807) is 17.0 Å². The first-order valence-electron chi connectivity index (χ1n) is 4.99. The van der Waals surface area contributed by atoms with Gasteiger partial charge in [-0.15, -0.1) is 0 Å². The molecule has 0 spiro atoms. The fourth-order valence-corrected chi connectivity index (χ4v) is 1.68. The van der Waals surface area contributed by atoms with Gasteiger partial charge in [0.15, 0.2) is 0 Å². The number of carbonyl (C=O) groups excluding carboxylic acids is 1. The molecule has 0 aliphatic heterocycles. The van der Waals surface area contributed by atoms with Crippen molar-refractivity contribution in [3.63, 3.8) is 0 Å². The lowest BCUT2D eigenvalue weighted by Gasteiger charge is -2.23. The Labute approximate surface area is 109 Å². The third-order valence-electron chi connectivity index (χ3n) is 2.22. The second-order valence-electron chi connectivity index (χ2n) is 3.69. The van der Waals surface area contributed by atoms with Crippen molar-refractivity contribution in [3.05, 3.63) is 33.4 Å². The molecule has 0 heterocycles. The summed E-state index contributed by atoms with van der Waals surface area (Å²) in [6, 6.07) is 9.40. The molecule has 0 aliphatic carbocycles. The van der Waals surface area contributed by atoms with E-state index >= 15 is 0 Å². The van der Waals surface area contributed by atoms with Gasteiger partial charge in [0.1, 0.15) is 6.54 Å². The molecule has 0 saturated carbocycles. The highest BCUT2D eigenvalue weighted by Crippen LogP contribution is 2.11. The molecular weight excluding hydrogens is 315 g/mol. The molecule has 0 atom stereocenters. The van der Waals surface area contributed by atoms with Crippen molar-refractivity contribution in [2.24, 2.45) is 0 Å². The van der Waals surface area contributed by atoms with Crippen molar-refractivity contribution in [1.29, 1.82) is 5.26 Å². The van der Waals surface area contributed by atoms with Crippen LogP contribution in [0.5, 0.6) is 0 Å². The monoisotopic (exact) mass is 328 g/mol. The summed E-state index contributed by atoms with van der Waals surface area (Å²) < 4.78 is 1.09. The smallest absolute Gasteiger partial charge is 0.254 e. The van der Waals surface area contributed by atoms with Crippen molar-refractivity contribution >= 4 is 28.5 Å². The zero-order chi connectivity index (χ0) is 12.1. The molecule has 1 aromatic carbocycles. The average Bonchev–Trinajstić information content (AvgIpc) is 2.25. The SMILES string of the molecule is CC(C)N(CC#N)C(=O)c1ccc(I)cc1. The fraction of sp³-hybridized carbons (Fsp3) is 0.333. The summed E-state index contributed by atoms with van der Waals surface area (Å²) in [5, 5.41) is 8.68. The van der Waals surface area contributed by atoms with E-state index < -0.39 is 0 Å². The molecule has 0 saturated heterocycles. The van der Waals surface area contributed by atoms with E-state index in [9.17, 15) is 4.79 Å². The molecule has 1 rings (SSSR count). The minimum atomic E-state index is -0.0899. The highest BCUT2D eigenvalue weighted by molar-refractivity contribution is 14.1. The molecule has 0 aliphatic rings. The van der Waals surface area contributed by atoms with Crippen LogP contribution in [-0.4, -0.2) is 23.4 Å². The zero-order valence-electron chi connectivity index (χ0n) is 9.27. The molecule has 0 aromatic heterocycles. The zero-order valence-corrected chi connectivity index (χ0v) is 11.4. The Morgan fingerprint density at radius 1 is 1.44 bits per heavy atom. The molecular formula is C12H13IN2O. The number of hydrogen-bond acceptors (Lipinski definition) is 2. The van der Waals surface area contributed by atoms with Crippen LogP contribution in [0.15, 0.2) is 24.3 Å². The normalized spacial score (nSPS) is 9.94. The molecule has 0 bridgehead atoms. The summed E-state index contributed by atoms with van der Waals surface area (Å²) in [5.41, 5.74) is 0.629. The number of carbonyl (C=O) groups is 1. The summed E-state index contributed by atoms with van der Waals surface area (Å²) in [6.07, 6.45) is 0. The van der Waals surface area contributed by atoms with Gasteiger partial charge in [-0.1, -0.05) is 0 Å². The number of nitrogens with zero attached hydrogens (tertiary/aromatic N) is 2. The van der Waals surface area contributed by atoms with E-state index in [2.05, 4.69) is 22.6 Å². The summed E-state index contributed by atoms with van der Waals surface area (Å²) in [4.78, 5) is 13.6. The van der Waals surface area contributed by atoms with Crippen LogP contribution in [0.3, 0.4) is 0 Å². The minimum absolute atomic E-state index is 0.0337. The van der Waals surface area contributed by atoms with Gasteiger partial charge in [0, 0.05) is 15.2 Å². The first-order valence-corrected chi connectivity index (χ1v) is 6.07. The molecule has 0 radical (unpaired) electrons. The number of benzene rings is 1. The van der Waals surface area contributed by atoms with Gasteiger partial charge < -0.3 is 4.90 Å². The first-order chi connectivity index (χ1) is 7.56. The summed E-state index contributed by atoms with van der Waals surface area (Å²) in [6.45, 7) is 3.94. The van der Waals surface area contributed by atoms with E-state index in [0.29, 0.717) is 5.56 Å². The van der Waals surface area contributed by atoms with Crippen molar-refractivity contribution in [3.8, 4) is 6.07 Å². The van der Waals surface area contributed by atoms with E-state index in [0.717, 1.165) is 3.57 Å². The molecule has 0 N–H and O–H groups in total. The van der Waals surface area contributed by atoms with Gasteiger partial charge in [0.25, 0.3) is 5.91 Å². The van der Waals surface area contributed by atoms with Crippen LogP contribution < -0.4 is 0 Å². The number of hydrogen-bond donors (Lipinski definition) is 0. The predicted octanol–water partition coefficient (Wildman–Crippen LogP) is 2.67. The van der Waals surface area contributed by atoms with E-state index in [1.807, 2.05) is 32.0 Å². The van der Waals surface area contributed by atoms with Gasteiger partial charge in [0.05, 0.1) is 6.07 Å². The Hall–Kier alpha value is -1.09. The third kappa shape index (κ3) is 3.20. The Kier molecular flexibility index (Phi) is 4.74. The molecule has 1 amide bonds. The van der Waals surface area contributed by atoms with E-state index in [4.69, 9.17) is 5.26 Å². The molecule has 84 valence electrons. The Morgan fingerprint density at radius 3 is 2.44 bits per heavy atom. The van der Waals surface area contributed by atoms with Crippen LogP contribution in [-0.2, 0) is 0 Å². The van der Waals surface area contributed by atoms with Crippen molar-refractivity contribution in [1.82, 2.24) is 4.90 Å². The molecule has 3 nitrogen and oxygen atoms in total. The second kappa shape index (κ2) is 5.85. The maximum atomic E-state index is 12.1. The van der Waals surface area contributed by atoms with Gasteiger partial charge in [-0.2, -0.15) is 5.26 Å². The molecule has 4 heteroatoms. The lowest BCUT2D eigenvalue weighted by Crippen LogP contribution is -2.37. The maximum Gasteiger partial charge on any atom is 0.254 e. The van der Waals surface area contributed by atoms with Crippen LogP contribution in [0.2, 0.25) is 0 Å². The van der Waals surface area contributed by atoms with Crippen molar-refractivity contribution in [2.75, 3.05) is 6.54 Å². The molecule has 16 heavy (non-hydrogen) atoms. The van der Waals surface area contributed by atoms with Crippen LogP contribution in [0.1, 0.15) is 24.2 Å². The highest BCUT2D eigenvalue weighted by atomic mass is 127. The van der Waals surface area contributed by atoms with Gasteiger partial charge in [-0.05, 0) is 60.7 Å².